The Morgan fingerprint density at radius 2 is 2.14 bits per heavy atom. The van der Waals surface area contributed by atoms with Crippen LogP contribution in [0.5, 0.6) is 0 Å². The standard InChI is InChI=1S/C15H20N4O2/c1-3-15(2,11-20)18-14(21)17-12-7-4-5-8-13(12)19-10-6-9-16-19/h4-10,20H,3,11H2,1-2H3,(H2,17,18,21). The molecule has 3 N–H and O–H groups in total. The van der Waals surface area contributed by atoms with Gasteiger partial charge in [0.15, 0.2) is 0 Å². The summed E-state index contributed by atoms with van der Waals surface area (Å²) < 4.78 is 1.68. The van der Waals surface area contributed by atoms with E-state index in [0.717, 1.165) is 5.69 Å². The van der Waals surface area contributed by atoms with Crippen LogP contribution in [0, 0.1) is 0 Å². The molecule has 112 valence electrons. The number of anilines is 1. The number of nitrogens with one attached hydrogen (secondary N) is 2. The summed E-state index contributed by atoms with van der Waals surface area (Å²) in [5.41, 5.74) is 0.792. The van der Waals surface area contributed by atoms with Crippen molar-refractivity contribution in [3.8, 4) is 5.69 Å². The molecule has 1 unspecified atom stereocenters. The fraction of sp³-hybridized carbons (Fsp3) is 0.333. The number of aromatic nitrogens is 2. The monoisotopic (exact) mass is 288 g/mol. The number of para-hydroxylation sites is 2. The van der Waals surface area contributed by atoms with E-state index < -0.39 is 5.54 Å². The van der Waals surface area contributed by atoms with Crippen LogP contribution in [-0.2, 0) is 0 Å². The predicted octanol–water partition coefficient (Wildman–Crippen LogP) is 2.15. The van der Waals surface area contributed by atoms with Crippen LogP contribution in [0.1, 0.15) is 20.3 Å². The molecule has 1 aromatic carbocycles. The maximum atomic E-state index is 12.1. The number of nitrogens with zero attached hydrogens (tertiary/aromatic N) is 2. The van der Waals surface area contributed by atoms with Gasteiger partial charge in [-0.05, 0) is 31.5 Å². The van der Waals surface area contributed by atoms with Crippen LogP contribution in [0.2, 0.25) is 0 Å². The first-order valence-electron chi connectivity index (χ1n) is 6.87. The summed E-state index contributed by atoms with van der Waals surface area (Å²) in [5, 5.41) is 19.1. The van der Waals surface area contributed by atoms with Gasteiger partial charge < -0.3 is 15.7 Å². The number of aliphatic hydroxyl groups excluding tert-OH is 1. The highest BCUT2D eigenvalue weighted by molar-refractivity contribution is 5.91. The average Bonchev–Trinajstić information content (AvgIpc) is 3.01. The summed E-state index contributed by atoms with van der Waals surface area (Å²) in [7, 11) is 0. The first-order valence-corrected chi connectivity index (χ1v) is 6.87. The Morgan fingerprint density at radius 3 is 2.76 bits per heavy atom. The molecule has 1 atom stereocenters. The molecule has 1 heterocycles. The van der Waals surface area contributed by atoms with E-state index in [2.05, 4.69) is 15.7 Å². The Hall–Kier alpha value is -2.34. The van der Waals surface area contributed by atoms with E-state index >= 15 is 0 Å². The normalized spacial score (nSPS) is 13.5. The van der Waals surface area contributed by atoms with Gasteiger partial charge in [0.25, 0.3) is 0 Å². The van der Waals surface area contributed by atoms with Crippen LogP contribution in [0.3, 0.4) is 0 Å². The quantitative estimate of drug-likeness (QED) is 0.788. The minimum atomic E-state index is -0.634. The second kappa shape index (κ2) is 6.41. The molecule has 0 saturated carbocycles. The zero-order valence-corrected chi connectivity index (χ0v) is 12.2. The highest BCUT2D eigenvalue weighted by Gasteiger charge is 2.23. The van der Waals surface area contributed by atoms with E-state index in [1.54, 1.807) is 23.9 Å². The molecule has 6 nitrogen and oxygen atoms in total. The maximum Gasteiger partial charge on any atom is 0.319 e. The largest absolute Gasteiger partial charge is 0.394 e. The zero-order chi connectivity index (χ0) is 15.3. The number of rotatable bonds is 5. The van der Waals surface area contributed by atoms with E-state index in [1.807, 2.05) is 37.4 Å². The number of aliphatic hydroxyl groups is 1. The summed E-state index contributed by atoms with van der Waals surface area (Å²) in [4.78, 5) is 12.1. The molecular weight excluding hydrogens is 268 g/mol. The SMILES string of the molecule is CCC(C)(CO)NC(=O)Nc1ccccc1-n1cccn1. The number of hydrogen-bond donors (Lipinski definition) is 3. The number of hydrogen-bond acceptors (Lipinski definition) is 3. The van der Waals surface area contributed by atoms with Crippen LogP contribution in [0.25, 0.3) is 5.69 Å². The Morgan fingerprint density at radius 1 is 1.38 bits per heavy atom. The van der Waals surface area contributed by atoms with Crippen molar-refractivity contribution in [2.24, 2.45) is 0 Å². The number of amides is 2. The molecule has 0 bridgehead atoms. The van der Waals surface area contributed by atoms with Gasteiger partial charge >= 0.3 is 6.03 Å². The predicted molar refractivity (Wildman–Crippen MR) is 81.5 cm³/mol. The lowest BCUT2D eigenvalue weighted by Gasteiger charge is -2.27. The fourth-order valence-corrected chi connectivity index (χ4v) is 1.86. The van der Waals surface area contributed by atoms with Gasteiger partial charge in [-0.15, -0.1) is 0 Å². The van der Waals surface area contributed by atoms with E-state index in [1.165, 1.54) is 0 Å². The number of benzene rings is 1. The van der Waals surface area contributed by atoms with Crippen molar-refractivity contribution in [1.29, 1.82) is 0 Å². The molecule has 6 heteroatoms. The molecule has 0 aliphatic carbocycles. The third-order valence-corrected chi connectivity index (χ3v) is 3.45. The number of carbonyl (C=O) groups excluding carboxylic acids is 1. The minimum Gasteiger partial charge on any atom is -0.394 e. The third kappa shape index (κ3) is 3.61. The average molecular weight is 288 g/mol. The van der Waals surface area contributed by atoms with Gasteiger partial charge in [-0.3, -0.25) is 0 Å². The molecule has 0 saturated heterocycles. The lowest BCUT2D eigenvalue weighted by Crippen LogP contribution is -2.50. The molecule has 2 amide bonds. The van der Waals surface area contributed by atoms with Gasteiger partial charge in [0.1, 0.15) is 0 Å². The highest BCUT2D eigenvalue weighted by Crippen LogP contribution is 2.19. The lowest BCUT2D eigenvalue weighted by molar-refractivity contribution is 0.172. The number of urea groups is 1. The Kier molecular flexibility index (Phi) is 4.59. The van der Waals surface area contributed by atoms with Gasteiger partial charge in [-0.25, -0.2) is 9.48 Å². The van der Waals surface area contributed by atoms with Gasteiger partial charge in [0, 0.05) is 12.4 Å². The molecule has 2 rings (SSSR count). The van der Waals surface area contributed by atoms with E-state index in [-0.39, 0.29) is 12.6 Å². The van der Waals surface area contributed by atoms with Crippen molar-refractivity contribution >= 4 is 11.7 Å². The maximum absolute atomic E-state index is 12.1. The van der Waals surface area contributed by atoms with Crippen molar-refractivity contribution < 1.29 is 9.90 Å². The first-order chi connectivity index (χ1) is 10.1. The van der Waals surface area contributed by atoms with Crippen LogP contribution in [0.15, 0.2) is 42.7 Å². The molecule has 0 aliphatic heterocycles. The minimum absolute atomic E-state index is 0.113. The summed E-state index contributed by atoms with van der Waals surface area (Å²) in [6.45, 7) is 3.60. The van der Waals surface area contributed by atoms with Crippen molar-refractivity contribution in [1.82, 2.24) is 15.1 Å². The summed E-state index contributed by atoms with van der Waals surface area (Å²) in [5.74, 6) is 0. The number of carbonyl (C=O) groups is 1. The summed E-state index contributed by atoms with van der Waals surface area (Å²) in [6, 6.07) is 8.86. The molecule has 0 radical (unpaired) electrons. The molecule has 1 aromatic heterocycles. The molecular formula is C15H20N4O2. The van der Waals surface area contributed by atoms with E-state index in [0.29, 0.717) is 12.1 Å². The van der Waals surface area contributed by atoms with Gasteiger partial charge in [0.2, 0.25) is 0 Å². The van der Waals surface area contributed by atoms with Gasteiger partial charge in [-0.1, -0.05) is 19.1 Å². The smallest absolute Gasteiger partial charge is 0.319 e. The fourth-order valence-electron chi connectivity index (χ4n) is 1.86. The summed E-state index contributed by atoms with van der Waals surface area (Å²) >= 11 is 0. The van der Waals surface area contributed by atoms with E-state index in [9.17, 15) is 9.90 Å². The van der Waals surface area contributed by atoms with Crippen LogP contribution in [-0.4, -0.2) is 33.1 Å². The zero-order valence-electron chi connectivity index (χ0n) is 12.2. The van der Waals surface area contributed by atoms with Crippen molar-refractivity contribution in [2.45, 2.75) is 25.8 Å². The lowest BCUT2D eigenvalue weighted by atomic mass is 10.0. The Bertz CT molecular complexity index is 591. The van der Waals surface area contributed by atoms with Crippen molar-refractivity contribution in [3.63, 3.8) is 0 Å². The molecule has 21 heavy (non-hydrogen) atoms. The topological polar surface area (TPSA) is 79.2 Å². The van der Waals surface area contributed by atoms with Crippen LogP contribution < -0.4 is 10.6 Å². The first kappa shape index (κ1) is 15.1. The molecule has 0 aliphatic rings. The van der Waals surface area contributed by atoms with Crippen LogP contribution in [0.4, 0.5) is 10.5 Å². The Labute approximate surface area is 123 Å². The second-order valence-electron chi connectivity index (χ2n) is 5.12. The summed E-state index contributed by atoms with van der Waals surface area (Å²) in [6.07, 6.45) is 4.12. The molecule has 2 aromatic rings. The van der Waals surface area contributed by atoms with Crippen molar-refractivity contribution in [3.05, 3.63) is 42.7 Å². The highest BCUT2D eigenvalue weighted by atomic mass is 16.3. The van der Waals surface area contributed by atoms with Gasteiger partial charge in [-0.2, -0.15) is 5.10 Å². The second-order valence-corrected chi connectivity index (χ2v) is 5.12. The molecule has 0 fully saturated rings. The van der Waals surface area contributed by atoms with E-state index in [4.69, 9.17) is 0 Å². The van der Waals surface area contributed by atoms with Gasteiger partial charge in [0.05, 0.1) is 23.5 Å². The van der Waals surface area contributed by atoms with Crippen molar-refractivity contribution in [2.75, 3.05) is 11.9 Å². The van der Waals surface area contributed by atoms with Crippen LogP contribution >= 0.6 is 0 Å². The third-order valence-electron chi connectivity index (χ3n) is 3.45. The Balaban J connectivity index is 2.15. The molecule has 0 spiro atoms.